The molecule has 0 saturated carbocycles. The molecule has 18 heavy (non-hydrogen) atoms. The minimum absolute atomic E-state index is 0.0324. The molecular formula is C13H15ClO4. The van der Waals surface area contributed by atoms with Gasteiger partial charge < -0.3 is 10.2 Å². The van der Waals surface area contributed by atoms with Crippen LogP contribution in [0.15, 0.2) is 12.1 Å². The Kier molecular flexibility index (Phi) is 4.02. The Bertz CT molecular complexity index is 500. The third-order valence-corrected chi connectivity index (χ3v) is 2.97. The van der Waals surface area contributed by atoms with Crippen LogP contribution in [0.4, 0.5) is 0 Å². The molecule has 1 rings (SSSR count). The largest absolute Gasteiger partial charge is 0.478 e. The number of hydrogen-bond acceptors (Lipinski definition) is 2. The van der Waals surface area contributed by atoms with E-state index in [9.17, 15) is 14.7 Å². The number of rotatable bonds is 3. The Morgan fingerprint density at radius 1 is 1.17 bits per heavy atom. The lowest BCUT2D eigenvalue weighted by Gasteiger charge is -2.24. The standard InChI is InChI=1S/C13H15ClO4/c1-13(2,3)9-5-4-7(11(15)16)10(12(17)18)8(9)6-14/h4-5H,6H2,1-3H3,(H,15,16)(H,17,18). The lowest BCUT2D eigenvalue weighted by atomic mass is 9.81. The van der Waals surface area contributed by atoms with Gasteiger partial charge in [0, 0.05) is 5.88 Å². The lowest BCUT2D eigenvalue weighted by molar-refractivity contribution is 0.0650. The molecule has 0 fully saturated rings. The van der Waals surface area contributed by atoms with Crippen LogP contribution in [0.5, 0.6) is 0 Å². The molecule has 2 N–H and O–H groups in total. The maximum absolute atomic E-state index is 11.3. The fourth-order valence-corrected chi connectivity index (χ4v) is 2.19. The van der Waals surface area contributed by atoms with Crippen molar-refractivity contribution in [1.82, 2.24) is 0 Å². The van der Waals surface area contributed by atoms with Gasteiger partial charge >= 0.3 is 11.9 Å². The summed E-state index contributed by atoms with van der Waals surface area (Å²) in [7, 11) is 0. The van der Waals surface area contributed by atoms with Crippen molar-refractivity contribution in [1.29, 1.82) is 0 Å². The molecule has 98 valence electrons. The van der Waals surface area contributed by atoms with Crippen molar-refractivity contribution >= 4 is 23.5 Å². The average Bonchev–Trinajstić information content (AvgIpc) is 2.25. The summed E-state index contributed by atoms with van der Waals surface area (Å²) in [5.74, 6) is -2.57. The molecule has 4 nitrogen and oxygen atoms in total. The van der Waals surface area contributed by atoms with E-state index in [-0.39, 0.29) is 22.4 Å². The van der Waals surface area contributed by atoms with E-state index in [4.69, 9.17) is 16.7 Å². The highest BCUT2D eigenvalue weighted by Crippen LogP contribution is 2.31. The summed E-state index contributed by atoms with van der Waals surface area (Å²) < 4.78 is 0. The van der Waals surface area contributed by atoms with Crippen molar-refractivity contribution in [3.63, 3.8) is 0 Å². The Morgan fingerprint density at radius 2 is 1.72 bits per heavy atom. The van der Waals surface area contributed by atoms with Gasteiger partial charge in [0.1, 0.15) is 0 Å². The second-order valence-corrected chi connectivity index (χ2v) is 5.28. The van der Waals surface area contributed by atoms with E-state index in [1.165, 1.54) is 6.07 Å². The molecule has 0 saturated heterocycles. The molecule has 0 aromatic heterocycles. The molecule has 0 atom stereocenters. The normalized spacial score (nSPS) is 11.3. The van der Waals surface area contributed by atoms with Gasteiger partial charge in [-0.15, -0.1) is 11.6 Å². The highest BCUT2D eigenvalue weighted by atomic mass is 35.5. The van der Waals surface area contributed by atoms with E-state index in [1.807, 2.05) is 20.8 Å². The zero-order valence-electron chi connectivity index (χ0n) is 10.5. The van der Waals surface area contributed by atoms with Gasteiger partial charge in [0.15, 0.2) is 0 Å². The van der Waals surface area contributed by atoms with E-state index in [0.717, 1.165) is 5.56 Å². The zero-order valence-corrected chi connectivity index (χ0v) is 11.2. The third kappa shape index (κ3) is 2.64. The van der Waals surface area contributed by atoms with Gasteiger partial charge in [-0.2, -0.15) is 0 Å². The number of hydrogen-bond donors (Lipinski definition) is 2. The highest BCUT2D eigenvalue weighted by molar-refractivity contribution is 6.18. The molecule has 0 aliphatic rings. The second-order valence-electron chi connectivity index (χ2n) is 5.01. The minimum atomic E-state index is -1.27. The number of alkyl halides is 1. The molecule has 0 aliphatic carbocycles. The summed E-state index contributed by atoms with van der Waals surface area (Å²) in [6, 6.07) is 2.95. The predicted molar refractivity (Wildman–Crippen MR) is 68.6 cm³/mol. The van der Waals surface area contributed by atoms with Gasteiger partial charge in [-0.05, 0) is 22.6 Å². The summed E-state index contributed by atoms with van der Waals surface area (Å²) >= 11 is 5.81. The molecule has 0 heterocycles. The fraction of sp³-hybridized carbons (Fsp3) is 0.385. The Labute approximate surface area is 110 Å². The number of carboxylic acid groups (broad SMARTS) is 2. The molecule has 0 unspecified atom stereocenters. The van der Waals surface area contributed by atoms with Crippen LogP contribution in [0.3, 0.4) is 0 Å². The van der Waals surface area contributed by atoms with Crippen LogP contribution >= 0.6 is 11.6 Å². The van der Waals surface area contributed by atoms with E-state index in [2.05, 4.69) is 0 Å². The lowest BCUT2D eigenvalue weighted by Crippen LogP contribution is -2.19. The Balaban J connectivity index is 3.69. The van der Waals surface area contributed by atoms with E-state index >= 15 is 0 Å². The quantitative estimate of drug-likeness (QED) is 0.828. The predicted octanol–water partition coefficient (Wildman–Crippen LogP) is 3.12. The van der Waals surface area contributed by atoms with Crippen LogP contribution < -0.4 is 0 Å². The van der Waals surface area contributed by atoms with Crippen LogP contribution in [-0.4, -0.2) is 22.2 Å². The first kappa shape index (κ1) is 14.5. The average molecular weight is 271 g/mol. The molecular weight excluding hydrogens is 256 g/mol. The maximum Gasteiger partial charge on any atom is 0.336 e. The number of carbonyl (C=O) groups is 2. The van der Waals surface area contributed by atoms with Gasteiger partial charge in [0.2, 0.25) is 0 Å². The van der Waals surface area contributed by atoms with Crippen molar-refractivity contribution in [3.05, 3.63) is 34.4 Å². The second kappa shape index (κ2) is 4.98. The molecule has 0 amide bonds. The summed E-state index contributed by atoms with van der Waals surface area (Å²) in [5.41, 5.74) is 0.374. The first-order valence-corrected chi connectivity index (χ1v) is 5.92. The molecule has 1 aromatic rings. The molecule has 5 heteroatoms. The SMILES string of the molecule is CC(C)(C)c1ccc(C(=O)O)c(C(=O)O)c1CCl. The summed E-state index contributed by atoms with van der Waals surface area (Å²) in [6.45, 7) is 5.76. The number of halogens is 1. The maximum atomic E-state index is 11.3. The van der Waals surface area contributed by atoms with E-state index in [1.54, 1.807) is 6.07 Å². The number of carboxylic acids is 2. The Morgan fingerprint density at radius 3 is 2.06 bits per heavy atom. The fourth-order valence-electron chi connectivity index (χ4n) is 1.91. The summed E-state index contributed by atoms with van der Waals surface area (Å²) in [6.07, 6.45) is 0. The molecule has 1 aromatic carbocycles. The first-order chi connectivity index (χ1) is 8.20. The van der Waals surface area contributed by atoms with Crippen LogP contribution in [0.25, 0.3) is 0 Å². The van der Waals surface area contributed by atoms with Gasteiger partial charge in [0.05, 0.1) is 11.1 Å². The van der Waals surface area contributed by atoms with E-state index in [0.29, 0.717) is 5.56 Å². The van der Waals surface area contributed by atoms with Crippen LogP contribution in [-0.2, 0) is 11.3 Å². The monoisotopic (exact) mass is 270 g/mol. The van der Waals surface area contributed by atoms with Gasteiger partial charge in [-0.25, -0.2) is 9.59 Å². The van der Waals surface area contributed by atoms with Crippen LogP contribution in [0.1, 0.15) is 52.6 Å². The van der Waals surface area contributed by atoms with E-state index < -0.39 is 11.9 Å². The van der Waals surface area contributed by atoms with Gasteiger partial charge in [-0.1, -0.05) is 26.8 Å². The van der Waals surface area contributed by atoms with Crippen molar-refractivity contribution in [2.24, 2.45) is 0 Å². The van der Waals surface area contributed by atoms with Crippen LogP contribution in [0, 0.1) is 0 Å². The third-order valence-electron chi connectivity index (χ3n) is 2.70. The smallest absolute Gasteiger partial charge is 0.336 e. The summed E-state index contributed by atoms with van der Waals surface area (Å²) in [4.78, 5) is 22.3. The van der Waals surface area contributed by atoms with Crippen LogP contribution in [0.2, 0.25) is 0 Å². The molecule has 0 spiro atoms. The molecule has 0 aliphatic heterocycles. The molecule has 0 bridgehead atoms. The number of benzene rings is 1. The number of aromatic carboxylic acids is 2. The highest BCUT2D eigenvalue weighted by Gasteiger charge is 2.26. The molecule has 0 radical (unpaired) electrons. The minimum Gasteiger partial charge on any atom is -0.478 e. The van der Waals surface area contributed by atoms with Crippen molar-refractivity contribution in [2.45, 2.75) is 32.1 Å². The zero-order chi connectivity index (χ0) is 14.1. The van der Waals surface area contributed by atoms with Gasteiger partial charge in [0.25, 0.3) is 0 Å². The van der Waals surface area contributed by atoms with Crippen molar-refractivity contribution in [3.8, 4) is 0 Å². The van der Waals surface area contributed by atoms with Crippen molar-refractivity contribution < 1.29 is 19.8 Å². The first-order valence-electron chi connectivity index (χ1n) is 5.39. The summed E-state index contributed by atoms with van der Waals surface area (Å²) in [5, 5.41) is 18.2. The Hall–Kier alpha value is -1.55. The van der Waals surface area contributed by atoms with Gasteiger partial charge in [-0.3, -0.25) is 0 Å². The topological polar surface area (TPSA) is 74.6 Å². The van der Waals surface area contributed by atoms with Crippen molar-refractivity contribution in [2.75, 3.05) is 0 Å².